The summed E-state index contributed by atoms with van der Waals surface area (Å²) in [5.74, 6) is -0.383. The topological polar surface area (TPSA) is 83.6 Å². The van der Waals surface area contributed by atoms with Crippen LogP contribution < -0.4 is 5.73 Å². The van der Waals surface area contributed by atoms with Crippen LogP contribution in [0.2, 0.25) is 0 Å². The molecule has 0 saturated heterocycles. The number of hydrogen-bond donors (Lipinski definition) is 3. The number of aliphatic hydroxyl groups is 2. The van der Waals surface area contributed by atoms with Crippen LogP contribution in [-0.4, -0.2) is 29.3 Å². The number of primary amides is 1. The molecule has 0 aliphatic carbocycles. The monoisotopic (exact) mass is 315 g/mol. The van der Waals surface area contributed by atoms with Crippen LogP contribution in [-0.2, 0) is 4.79 Å². The summed E-state index contributed by atoms with van der Waals surface area (Å²) >= 11 is 0. The van der Waals surface area contributed by atoms with Gasteiger partial charge < -0.3 is 15.9 Å². The van der Waals surface area contributed by atoms with Gasteiger partial charge in [-0.25, -0.2) is 0 Å². The third-order valence-electron chi connectivity index (χ3n) is 4.71. The number of hydrogen-bond acceptors (Lipinski definition) is 3. The molecule has 0 rings (SSSR count). The maximum atomic E-state index is 11.7. The normalized spacial score (nSPS) is 11.8. The molecule has 0 aliphatic heterocycles. The average Bonchev–Trinajstić information content (AvgIpc) is 2.49. The zero-order valence-electron chi connectivity index (χ0n) is 14.5. The quantitative estimate of drug-likeness (QED) is 0.381. The van der Waals surface area contributed by atoms with Gasteiger partial charge in [-0.3, -0.25) is 4.79 Å². The van der Waals surface area contributed by atoms with E-state index in [-0.39, 0.29) is 19.1 Å². The highest BCUT2D eigenvalue weighted by Crippen LogP contribution is 2.32. The minimum atomic E-state index is -0.719. The molecule has 0 radical (unpaired) electrons. The minimum Gasteiger partial charge on any atom is -0.396 e. The molecule has 22 heavy (non-hydrogen) atoms. The number of rotatable bonds is 16. The number of unbranched alkanes of at least 4 members (excludes halogenated alkanes) is 9. The van der Waals surface area contributed by atoms with Crippen LogP contribution in [0.4, 0.5) is 0 Å². The molecule has 0 spiro atoms. The lowest BCUT2D eigenvalue weighted by atomic mass is 9.76. The van der Waals surface area contributed by atoms with Gasteiger partial charge in [-0.15, -0.1) is 0 Å². The Balaban J connectivity index is 3.78. The van der Waals surface area contributed by atoms with Crippen molar-refractivity contribution in [2.24, 2.45) is 11.1 Å². The van der Waals surface area contributed by atoms with Crippen LogP contribution in [0.25, 0.3) is 0 Å². The molecule has 4 N–H and O–H groups in total. The number of amides is 1. The number of nitrogens with two attached hydrogens (primary N) is 1. The van der Waals surface area contributed by atoms with Crippen molar-refractivity contribution in [3.05, 3.63) is 0 Å². The standard InChI is InChI=1S/C18H37NO3/c1-2-3-4-5-6-7-8-9-10-11-12-18(13-15-20,14-16-21)17(19)22/h20-21H,2-16H2,1H3,(H2,19,22). The molecule has 0 fully saturated rings. The van der Waals surface area contributed by atoms with Gasteiger partial charge in [0.25, 0.3) is 0 Å². The van der Waals surface area contributed by atoms with Gasteiger partial charge in [-0.1, -0.05) is 71.1 Å². The summed E-state index contributed by atoms with van der Waals surface area (Å²) in [6, 6.07) is 0. The molecule has 1 amide bonds. The lowest BCUT2D eigenvalue weighted by Gasteiger charge is -2.29. The molecular formula is C18H37NO3. The summed E-state index contributed by atoms with van der Waals surface area (Å²) < 4.78 is 0. The first-order valence-corrected chi connectivity index (χ1v) is 9.14. The van der Waals surface area contributed by atoms with Crippen molar-refractivity contribution in [1.82, 2.24) is 0 Å². The van der Waals surface area contributed by atoms with E-state index in [0.717, 1.165) is 12.8 Å². The Bertz CT molecular complexity index is 263. The molecule has 0 saturated carbocycles. The Morgan fingerprint density at radius 2 is 1.18 bits per heavy atom. The highest BCUT2D eigenvalue weighted by molar-refractivity contribution is 5.80. The molecule has 4 nitrogen and oxygen atoms in total. The van der Waals surface area contributed by atoms with Crippen LogP contribution >= 0.6 is 0 Å². The average molecular weight is 315 g/mol. The molecule has 0 bridgehead atoms. The zero-order valence-corrected chi connectivity index (χ0v) is 14.5. The molecular weight excluding hydrogens is 278 g/mol. The van der Waals surface area contributed by atoms with Gasteiger partial charge in [0.15, 0.2) is 0 Å². The Morgan fingerprint density at radius 1 is 0.773 bits per heavy atom. The second-order valence-electron chi connectivity index (χ2n) is 6.52. The molecule has 0 heterocycles. The van der Waals surface area contributed by atoms with Gasteiger partial charge in [0, 0.05) is 13.2 Å². The molecule has 0 aromatic rings. The summed E-state index contributed by atoms with van der Waals surface area (Å²) in [6.07, 6.45) is 13.9. The maximum absolute atomic E-state index is 11.7. The predicted octanol–water partition coefficient (Wildman–Crippen LogP) is 3.53. The summed E-state index contributed by atoms with van der Waals surface area (Å²) in [6.45, 7) is 2.13. The molecule has 0 unspecified atom stereocenters. The first-order chi connectivity index (χ1) is 10.6. The Hall–Kier alpha value is -0.610. The smallest absolute Gasteiger partial charge is 0.223 e. The van der Waals surface area contributed by atoms with Crippen LogP contribution in [0.15, 0.2) is 0 Å². The van der Waals surface area contributed by atoms with Crippen molar-refractivity contribution in [1.29, 1.82) is 0 Å². The van der Waals surface area contributed by atoms with Crippen molar-refractivity contribution in [3.63, 3.8) is 0 Å². The summed E-state index contributed by atoms with van der Waals surface area (Å²) in [4.78, 5) is 11.7. The van der Waals surface area contributed by atoms with Gasteiger partial charge in [-0.05, 0) is 19.3 Å². The number of carbonyl (C=O) groups is 1. The van der Waals surface area contributed by atoms with Crippen molar-refractivity contribution >= 4 is 5.91 Å². The summed E-state index contributed by atoms with van der Waals surface area (Å²) in [5.41, 5.74) is 4.78. The minimum absolute atomic E-state index is 0.0549. The van der Waals surface area contributed by atoms with Crippen LogP contribution in [0.5, 0.6) is 0 Å². The van der Waals surface area contributed by atoms with E-state index in [2.05, 4.69) is 6.92 Å². The molecule has 0 aromatic heterocycles. The van der Waals surface area contributed by atoms with E-state index in [1.54, 1.807) is 0 Å². The van der Waals surface area contributed by atoms with Gasteiger partial charge in [0.05, 0.1) is 5.41 Å². The fourth-order valence-corrected chi connectivity index (χ4v) is 3.12. The molecule has 132 valence electrons. The molecule has 0 atom stereocenters. The molecule has 0 aliphatic rings. The van der Waals surface area contributed by atoms with Gasteiger partial charge in [-0.2, -0.15) is 0 Å². The second kappa shape index (κ2) is 14.0. The SMILES string of the molecule is CCCCCCCCCCCCC(CCO)(CCO)C(N)=O. The van der Waals surface area contributed by atoms with Crippen molar-refractivity contribution in [2.45, 2.75) is 90.4 Å². The Labute approximate surface area is 136 Å². The zero-order chi connectivity index (χ0) is 16.7. The lowest BCUT2D eigenvalue weighted by molar-refractivity contribution is -0.130. The highest BCUT2D eigenvalue weighted by atomic mass is 16.3. The third kappa shape index (κ3) is 9.42. The number of aliphatic hydroxyl groups excluding tert-OH is 2. The van der Waals surface area contributed by atoms with E-state index >= 15 is 0 Å². The summed E-state index contributed by atoms with van der Waals surface area (Å²) in [5, 5.41) is 18.3. The first kappa shape index (κ1) is 21.4. The largest absolute Gasteiger partial charge is 0.396 e. The highest BCUT2D eigenvalue weighted by Gasteiger charge is 2.34. The Kier molecular flexibility index (Phi) is 13.6. The van der Waals surface area contributed by atoms with E-state index in [4.69, 9.17) is 15.9 Å². The Morgan fingerprint density at radius 3 is 1.55 bits per heavy atom. The fourth-order valence-electron chi connectivity index (χ4n) is 3.12. The van der Waals surface area contributed by atoms with E-state index in [1.165, 1.54) is 51.4 Å². The fraction of sp³-hybridized carbons (Fsp3) is 0.944. The van der Waals surface area contributed by atoms with E-state index in [9.17, 15) is 4.79 Å². The van der Waals surface area contributed by atoms with E-state index in [0.29, 0.717) is 19.3 Å². The lowest BCUT2D eigenvalue weighted by Crippen LogP contribution is -2.39. The van der Waals surface area contributed by atoms with Crippen LogP contribution in [0, 0.1) is 5.41 Å². The van der Waals surface area contributed by atoms with Crippen LogP contribution in [0.3, 0.4) is 0 Å². The molecule has 0 aromatic carbocycles. The van der Waals surface area contributed by atoms with Gasteiger partial charge >= 0.3 is 0 Å². The predicted molar refractivity (Wildman–Crippen MR) is 91.5 cm³/mol. The van der Waals surface area contributed by atoms with Gasteiger partial charge in [0.2, 0.25) is 5.91 Å². The summed E-state index contributed by atoms with van der Waals surface area (Å²) in [7, 11) is 0. The van der Waals surface area contributed by atoms with Crippen molar-refractivity contribution in [2.75, 3.05) is 13.2 Å². The van der Waals surface area contributed by atoms with E-state index < -0.39 is 5.41 Å². The number of carbonyl (C=O) groups excluding carboxylic acids is 1. The molecule has 4 heteroatoms. The first-order valence-electron chi connectivity index (χ1n) is 9.14. The maximum Gasteiger partial charge on any atom is 0.223 e. The van der Waals surface area contributed by atoms with Crippen molar-refractivity contribution in [3.8, 4) is 0 Å². The second-order valence-corrected chi connectivity index (χ2v) is 6.52. The van der Waals surface area contributed by atoms with Crippen molar-refractivity contribution < 1.29 is 15.0 Å². The van der Waals surface area contributed by atoms with Crippen LogP contribution in [0.1, 0.15) is 90.4 Å². The van der Waals surface area contributed by atoms with Gasteiger partial charge in [0.1, 0.15) is 0 Å². The van der Waals surface area contributed by atoms with E-state index in [1.807, 2.05) is 0 Å². The third-order valence-corrected chi connectivity index (χ3v) is 4.71.